The third kappa shape index (κ3) is 6.84. The number of piperazine rings is 1. The van der Waals surface area contributed by atoms with E-state index in [4.69, 9.17) is 0 Å². The molecule has 1 rings (SSSR count). The second kappa shape index (κ2) is 8.05. The molecule has 90 valence electrons. The highest BCUT2D eigenvalue weighted by molar-refractivity contribution is 4.77. The first kappa shape index (κ1) is 12.9. The third-order valence-corrected chi connectivity index (χ3v) is 2.60. The SMILES string of the molecule is CC(C)NCCCNCC1CNCCN1. The van der Waals surface area contributed by atoms with Crippen molar-refractivity contribution in [2.75, 3.05) is 39.3 Å². The minimum Gasteiger partial charge on any atom is -0.315 e. The van der Waals surface area contributed by atoms with Gasteiger partial charge in [0.1, 0.15) is 0 Å². The van der Waals surface area contributed by atoms with Crippen molar-refractivity contribution in [2.24, 2.45) is 0 Å². The molecule has 1 heterocycles. The van der Waals surface area contributed by atoms with Gasteiger partial charge in [0.25, 0.3) is 0 Å². The smallest absolute Gasteiger partial charge is 0.0318 e. The summed E-state index contributed by atoms with van der Waals surface area (Å²) in [4.78, 5) is 0. The van der Waals surface area contributed by atoms with Gasteiger partial charge < -0.3 is 21.3 Å². The van der Waals surface area contributed by atoms with Gasteiger partial charge in [0.15, 0.2) is 0 Å². The molecule has 1 aliphatic heterocycles. The standard InChI is InChI=1S/C11H26N4/c1-10(2)14-5-3-4-12-8-11-9-13-6-7-15-11/h10-15H,3-9H2,1-2H3. The molecule has 4 nitrogen and oxygen atoms in total. The summed E-state index contributed by atoms with van der Waals surface area (Å²) in [7, 11) is 0. The van der Waals surface area contributed by atoms with Gasteiger partial charge in [0.05, 0.1) is 0 Å². The van der Waals surface area contributed by atoms with Crippen molar-refractivity contribution in [2.45, 2.75) is 32.4 Å². The molecule has 1 unspecified atom stereocenters. The number of nitrogens with one attached hydrogen (secondary N) is 4. The Morgan fingerprint density at radius 1 is 1.27 bits per heavy atom. The largest absolute Gasteiger partial charge is 0.315 e. The summed E-state index contributed by atoms with van der Waals surface area (Å²) in [6, 6.07) is 1.21. The Balaban J connectivity index is 1.83. The zero-order chi connectivity index (χ0) is 10.9. The lowest BCUT2D eigenvalue weighted by atomic mass is 10.2. The first-order valence-electron chi connectivity index (χ1n) is 6.17. The molecule has 0 amide bonds. The van der Waals surface area contributed by atoms with E-state index in [1.54, 1.807) is 0 Å². The molecule has 0 aliphatic carbocycles. The highest BCUT2D eigenvalue weighted by Crippen LogP contribution is 1.85. The number of hydrogen-bond donors (Lipinski definition) is 4. The van der Waals surface area contributed by atoms with Gasteiger partial charge in [-0.1, -0.05) is 13.8 Å². The quantitative estimate of drug-likeness (QED) is 0.433. The van der Waals surface area contributed by atoms with Crippen molar-refractivity contribution in [3.05, 3.63) is 0 Å². The maximum Gasteiger partial charge on any atom is 0.0318 e. The predicted octanol–water partition coefficient (Wildman–Crippen LogP) is -0.474. The Labute approximate surface area is 93.6 Å². The summed E-state index contributed by atoms with van der Waals surface area (Å²) in [6.45, 7) is 11.0. The van der Waals surface area contributed by atoms with Crippen LogP contribution in [0.4, 0.5) is 0 Å². The van der Waals surface area contributed by atoms with E-state index in [1.807, 2.05) is 0 Å². The Hall–Kier alpha value is -0.160. The van der Waals surface area contributed by atoms with E-state index in [-0.39, 0.29) is 0 Å². The van der Waals surface area contributed by atoms with Gasteiger partial charge in [-0.2, -0.15) is 0 Å². The van der Waals surface area contributed by atoms with Crippen LogP contribution in [-0.2, 0) is 0 Å². The summed E-state index contributed by atoms with van der Waals surface area (Å²) >= 11 is 0. The molecule has 15 heavy (non-hydrogen) atoms. The molecule has 1 fully saturated rings. The van der Waals surface area contributed by atoms with Crippen molar-refractivity contribution in [1.29, 1.82) is 0 Å². The molecule has 0 aromatic carbocycles. The average molecular weight is 214 g/mol. The summed E-state index contributed by atoms with van der Waals surface area (Å²) in [6.07, 6.45) is 1.21. The van der Waals surface area contributed by atoms with E-state index >= 15 is 0 Å². The molecule has 1 aliphatic rings. The van der Waals surface area contributed by atoms with Crippen molar-refractivity contribution in [1.82, 2.24) is 21.3 Å². The molecule has 1 saturated heterocycles. The fraction of sp³-hybridized carbons (Fsp3) is 1.00. The molecular weight excluding hydrogens is 188 g/mol. The van der Waals surface area contributed by atoms with Gasteiger partial charge in [0.2, 0.25) is 0 Å². The van der Waals surface area contributed by atoms with Crippen molar-refractivity contribution in [3.63, 3.8) is 0 Å². The third-order valence-electron chi connectivity index (χ3n) is 2.60. The van der Waals surface area contributed by atoms with Gasteiger partial charge in [-0.05, 0) is 19.5 Å². The van der Waals surface area contributed by atoms with E-state index in [0.29, 0.717) is 12.1 Å². The van der Waals surface area contributed by atoms with E-state index in [1.165, 1.54) is 6.42 Å². The zero-order valence-electron chi connectivity index (χ0n) is 10.1. The summed E-state index contributed by atoms with van der Waals surface area (Å²) in [5, 5.41) is 13.8. The lowest BCUT2D eigenvalue weighted by Gasteiger charge is -2.24. The lowest BCUT2D eigenvalue weighted by Crippen LogP contribution is -2.52. The molecule has 0 aromatic rings. The Morgan fingerprint density at radius 2 is 2.13 bits per heavy atom. The Morgan fingerprint density at radius 3 is 2.80 bits per heavy atom. The summed E-state index contributed by atoms with van der Waals surface area (Å²) in [5.74, 6) is 0. The topological polar surface area (TPSA) is 48.1 Å². The molecule has 0 radical (unpaired) electrons. The van der Waals surface area contributed by atoms with Gasteiger partial charge in [-0.3, -0.25) is 0 Å². The van der Waals surface area contributed by atoms with Crippen LogP contribution in [0.25, 0.3) is 0 Å². The minimum absolute atomic E-state index is 0.606. The first-order chi connectivity index (χ1) is 7.29. The second-order valence-corrected chi connectivity index (χ2v) is 4.52. The molecule has 1 atom stereocenters. The van der Waals surface area contributed by atoms with Crippen molar-refractivity contribution in [3.8, 4) is 0 Å². The minimum atomic E-state index is 0.606. The van der Waals surface area contributed by atoms with Crippen LogP contribution in [0.2, 0.25) is 0 Å². The van der Waals surface area contributed by atoms with E-state index in [2.05, 4.69) is 35.1 Å². The van der Waals surface area contributed by atoms with Gasteiger partial charge >= 0.3 is 0 Å². The molecule has 4 N–H and O–H groups in total. The first-order valence-corrected chi connectivity index (χ1v) is 6.17. The zero-order valence-corrected chi connectivity index (χ0v) is 10.1. The van der Waals surface area contributed by atoms with Crippen LogP contribution in [0.5, 0.6) is 0 Å². The lowest BCUT2D eigenvalue weighted by molar-refractivity contribution is 0.397. The normalized spacial score (nSPS) is 22.2. The molecule has 0 spiro atoms. The van der Waals surface area contributed by atoms with Crippen LogP contribution >= 0.6 is 0 Å². The molecule has 4 heteroatoms. The van der Waals surface area contributed by atoms with Crippen LogP contribution in [-0.4, -0.2) is 51.4 Å². The molecular formula is C11H26N4. The highest BCUT2D eigenvalue weighted by atomic mass is 15.1. The fourth-order valence-corrected chi connectivity index (χ4v) is 1.74. The molecule has 0 saturated carbocycles. The number of rotatable bonds is 7. The second-order valence-electron chi connectivity index (χ2n) is 4.52. The van der Waals surface area contributed by atoms with Gasteiger partial charge in [-0.25, -0.2) is 0 Å². The van der Waals surface area contributed by atoms with Crippen LogP contribution in [0, 0.1) is 0 Å². The highest BCUT2D eigenvalue weighted by Gasteiger charge is 2.10. The van der Waals surface area contributed by atoms with Crippen molar-refractivity contribution >= 4 is 0 Å². The average Bonchev–Trinajstić information content (AvgIpc) is 2.24. The monoisotopic (exact) mass is 214 g/mol. The Kier molecular flexibility index (Phi) is 6.92. The summed E-state index contributed by atoms with van der Waals surface area (Å²) < 4.78 is 0. The van der Waals surface area contributed by atoms with Crippen molar-refractivity contribution < 1.29 is 0 Å². The summed E-state index contributed by atoms with van der Waals surface area (Å²) in [5.41, 5.74) is 0. The van der Waals surface area contributed by atoms with E-state index in [0.717, 1.165) is 39.3 Å². The molecule has 0 aromatic heterocycles. The Bertz CT molecular complexity index is 144. The van der Waals surface area contributed by atoms with Crippen LogP contribution in [0.1, 0.15) is 20.3 Å². The van der Waals surface area contributed by atoms with Crippen LogP contribution < -0.4 is 21.3 Å². The fourth-order valence-electron chi connectivity index (χ4n) is 1.74. The van der Waals surface area contributed by atoms with E-state index in [9.17, 15) is 0 Å². The predicted molar refractivity (Wildman–Crippen MR) is 65.3 cm³/mol. The van der Waals surface area contributed by atoms with Crippen LogP contribution in [0.3, 0.4) is 0 Å². The van der Waals surface area contributed by atoms with E-state index < -0.39 is 0 Å². The maximum absolute atomic E-state index is 3.49. The molecule has 0 bridgehead atoms. The van der Waals surface area contributed by atoms with Gasteiger partial charge in [-0.15, -0.1) is 0 Å². The van der Waals surface area contributed by atoms with Gasteiger partial charge in [0, 0.05) is 38.3 Å². The number of hydrogen-bond acceptors (Lipinski definition) is 4. The maximum atomic E-state index is 3.49. The van der Waals surface area contributed by atoms with Crippen LogP contribution in [0.15, 0.2) is 0 Å².